The summed E-state index contributed by atoms with van der Waals surface area (Å²) in [5, 5.41) is 5.93. The number of halogens is 3. The Morgan fingerprint density at radius 3 is 2.57 bits per heavy atom. The van der Waals surface area contributed by atoms with Crippen molar-refractivity contribution in [2.24, 2.45) is 0 Å². The molecule has 1 atom stereocenters. The van der Waals surface area contributed by atoms with Gasteiger partial charge in [-0.2, -0.15) is 13.2 Å². The van der Waals surface area contributed by atoms with Crippen molar-refractivity contribution in [3.8, 4) is 0 Å². The second-order valence-electron chi connectivity index (χ2n) is 5.14. The Morgan fingerprint density at radius 2 is 1.91 bits per heavy atom. The molecular formula is C15H18F3N5. The highest BCUT2D eigenvalue weighted by atomic mass is 19.4. The van der Waals surface area contributed by atoms with Crippen LogP contribution in [-0.2, 0) is 6.18 Å². The van der Waals surface area contributed by atoms with E-state index in [9.17, 15) is 13.2 Å². The van der Waals surface area contributed by atoms with E-state index in [1.165, 1.54) is 18.5 Å². The zero-order valence-electron chi connectivity index (χ0n) is 12.8. The van der Waals surface area contributed by atoms with Crippen molar-refractivity contribution in [3.05, 3.63) is 36.2 Å². The molecule has 0 bridgehead atoms. The van der Waals surface area contributed by atoms with Gasteiger partial charge in [-0.25, -0.2) is 9.97 Å². The van der Waals surface area contributed by atoms with Gasteiger partial charge in [-0.05, 0) is 31.5 Å². The fraction of sp³-hybridized carbons (Fsp3) is 0.333. The fourth-order valence-electron chi connectivity index (χ4n) is 1.86. The van der Waals surface area contributed by atoms with Crippen LogP contribution in [0.5, 0.6) is 0 Å². The molecule has 0 fully saturated rings. The number of hydrogen-bond acceptors (Lipinski definition) is 5. The smallest absolute Gasteiger partial charge is 0.393 e. The molecule has 0 aliphatic carbocycles. The Labute approximate surface area is 132 Å². The van der Waals surface area contributed by atoms with Gasteiger partial charge in [-0.15, -0.1) is 0 Å². The second kappa shape index (κ2) is 6.72. The molecule has 5 nitrogen and oxygen atoms in total. The molecular weight excluding hydrogens is 307 g/mol. The first-order valence-corrected chi connectivity index (χ1v) is 7.12. The lowest BCUT2D eigenvalue weighted by atomic mass is 10.2. The first-order valence-electron chi connectivity index (χ1n) is 7.12. The van der Waals surface area contributed by atoms with E-state index in [2.05, 4.69) is 20.6 Å². The number of hydrogen-bond donors (Lipinski definition) is 3. The van der Waals surface area contributed by atoms with Crippen LogP contribution in [0, 0.1) is 0 Å². The van der Waals surface area contributed by atoms with E-state index in [0.29, 0.717) is 5.82 Å². The van der Waals surface area contributed by atoms with E-state index in [1.807, 2.05) is 13.8 Å². The van der Waals surface area contributed by atoms with Gasteiger partial charge in [0.25, 0.3) is 0 Å². The summed E-state index contributed by atoms with van der Waals surface area (Å²) in [6.45, 7) is 3.98. The van der Waals surface area contributed by atoms with Gasteiger partial charge >= 0.3 is 6.18 Å². The molecule has 1 heterocycles. The van der Waals surface area contributed by atoms with Gasteiger partial charge < -0.3 is 16.4 Å². The third-order valence-electron chi connectivity index (χ3n) is 3.33. The summed E-state index contributed by atoms with van der Waals surface area (Å²) >= 11 is 0. The molecule has 2 rings (SSSR count). The highest BCUT2D eigenvalue weighted by Gasteiger charge is 2.30. The average Bonchev–Trinajstić information content (AvgIpc) is 2.50. The summed E-state index contributed by atoms with van der Waals surface area (Å²) in [7, 11) is 0. The van der Waals surface area contributed by atoms with Gasteiger partial charge in [0.15, 0.2) is 11.6 Å². The molecule has 0 aliphatic heterocycles. The van der Waals surface area contributed by atoms with Crippen LogP contribution in [0.2, 0.25) is 0 Å². The number of nitrogen functional groups attached to an aromatic ring is 1. The number of nitrogens with zero attached hydrogens (tertiary/aromatic N) is 2. The van der Waals surface area contributed by atoms with E-state index in [1.54, 1.807) is 0 Å². The summed E-state index contributed by atoms with van der Waals surface area (Å²) in [6.07, 6.45) is -2.23. The lowest BCUT2D eigenvalue weighted by Gasteiger charge is -2.16. The molecule has 1 aromatic carbocycles. The number of rotatable bonds is 5. The third-order valence-corrected chi connectivity index (χ3v) is 3.33. The number of nitrogens with two attached hydrogens (primary N) is 1. The molecule has 0 saturated heterocycles. The Morgan fingerprint density at radius 1 is 1.22 bits per heavy atom. The number of benzene rings is 1. The molecule has 124 valence electrons. The quantitative estimate of drug-likeness (QED) is 0.774. The Hall–Kier alpha value is -2.51. The number of anilines is 4. The van der Waals surface area contributed by atoms with Gasteiger partial charge in [0.2, 0.25) is 0 Å². The van der Waals surface area contributed by atoms with Gasteiger partial charge in [-0.1, -0.05) is 13.0 Å². The maximum atomic E-state index is 12.7. The SMILES string of the molecule is CCC(C)Nc1ncnc(Nc2cccc(C(F)(F)F)c2)c1N. The van der Waals surface area contributed by atoms with Crippen molar-refractivity contribution < 1.29 is 13.2 Å². The molecule has 0 saturated carbocycles. The van der Waals surface area contributed by atoms with E-state index in [0.717, 1.165) is 18.6 Å². The van der Waals surface area contributed by atoms with Crippen LogP contribution in [0.4, 0.5) is 36.2 Å². The first-order chi connectivity index (χ1) is 10.8. The lowest BCUT2D eigenvalue weighted by Crippen LogP contribution is -2.16. The summed E-state index contributed by atoms with van der Waals surface area (Å²) in [6, 6.07) is 5.00. The molecule has 8 heteroatoms. The zero-order chi connectivity index (χ0) is 17.0. The molecule has 0 aliphatic rings. The average molecular weight is 325 g/mol. The van der Waals surface area contributed by atoms with Gasteiger partial charge in [0.05, 0.1) is 5.56 Å². The molecule has 1 unspecified atom stereocenters. The molecule has 1 aromatic heterocycles. The van der Waals surface area contributed by atoms with Crippen molar-refractivity contribution in [1.29, 1.82) is 0 Å². The van der Waals surface area contributed by atoms with Crippen LogP contribution in [-0.4, -0.2) is 16.0 Å². The predicted molar refractivity (Wildman–Crippen MR) is 84.5 cm³/mol. The Bertz CT molecular complexity index is 672. The van der Waals surface area contributed by atoms with Crippen molar-refractivity contribution in [3.63, 3.8) is 0 Å². The minimum absolute atomic E-state index is 0.161. The standard InChI is InChI=1S/C15H18F3N5/c1-3-9(2)22-13-12(19)14(21-8-20-13)23-11-6-4-5-10(7-11)15(16,17)18/h4-9H,3,19H2,1-2H3,(H2,20,21,22,23). The molecule has 23 heavy (non-hydrogen) atoms. The van der Waals surface area contributed by atoms with Crippen LogP contribution < -0.4 is 16.4 Å². The second-order valence-corrected chi connectivity index (χ2v) is 5.14. The largest absolute Gasteiger partial charge is 0.416 e. The van der Waals surface area contributed by atoms with Gasteiger partial charge in [0, 0.05) is 11.7 Å². The minimum atomic E-state index is -4.40. The number of alkyl halides is 3. The topological polar surface area (TPSA) is 75.9 Å². The number of aromatic nitrogens is 2. The van der Waals surface area contributed by atoms with E-state index < -0.39 is 11.7 Å². The van der Waals surface area contributed by atoms with Crippen LogP contribution in [0.3, 0.4) is 0 Å². The summed E-state index contributed by atoms with van der Waals surface area (Å²) < 4.78 is 38.2. The van der Waals surface area contributed by atoms with Crippen molar-refractivity contribution in [2.45, 2.75) is 32.5 Å². The Kier molecular flexibility index (Phi) is 4.92. The third kappa shape index (κ3) is 4.24. The normalized spacial score (nSPS) is 12.7. The molecule has 4 N–H and O–H groups in total. The first kappa shape index (κ1) is 16.9. The maximum Gasteiger partial charge on any atom is 0.416 e. The van der Waals surface area contributed by atoms with Crippen molar-refractivity contribution in [2.75, 3.05) is 16.4 Å². The summed E-state index contributed by atoms with van der Waals surface area (Å²) in [5.41, 5.74) is 5.75. The molecule has 2 aromatic rings. The number of nitrogens with one attached hydrogen (secondary N) is 2. The predicted octanol–water partition coefficient (Wildman–Crippen LogP) is 4.03. The summed E-state index contributed by atoms with van der Waals surface area (Å²) in [5.74, 6) is 0.703. The van der Waals surface area contributed by atoms with E-state index in [4.69, 9.17) is 5.73 Å². The van der Waals surface area contributed by atoms with E-state index in [-0.39, 0.29) is 23.2 Å². The molecule has 0 amide bonds. The monoisotopic (exact) mass is 325 g/mol. The van der Waals surface area contributed by atoms with Crippen LogP contribution in [0.15, 0.2) is 30.6 Å². The fourth-order valence-corrected chi connectivity index (χ4v) is 1.86. The van der Waals surface area contributed by atoms with E-state index >= 15 is 0 Å². The maximum absolute atomic E-state index is 12.7. The molecule has 0 spiro atoms. The van der Waals surface area contributed by atoms with Gasteiger partial charge in [-0.3, -0.25) is 0 Å². The van der Waals surface area contributed by atoms with Crippen LogP contribution in [0.1, 0.15) is 25.8 Å². The Balaban J connectivity index is 2.25. The minimum Gasteiger partial charge on any atom is -0.393 e. The zero-order valence-corrected chi connectivity index (χ0v) is 12.8. The van der Waals surface area contributed by atoms with Crippen LogP contribution >= 0.6 is 0 Å². The molecule has 0 radical (unpaired) electrons. The van der Waals surface area contributed by atoms with Crippen LogP contribution in [0.25, 0.3) is 0 Å². The van der Waals surface area contributed by atoms with Crippen molar-refractivity contribution in [1.82, 2.24) is 9.97 Å². The van der Waals surface area contributed by atoms with Crippen molar-refractivity contribution >= 4 is 23.0 Å². The highest BCUT2D eigenvalue weighted by Crippen LogP contribution is 2.32. The lowest BCUT2D eigenvalue weighted by molar-refractivity contribution is -0.137. The summed E-state index contributed by atoms with van der Waals surface area (Å²) in [4.78, 5) is 8.05. The highest BCUT2D eigenvalue weighted by molar-refractivity contribution is 5.77. The van der Waals surface area contributed by atoms with Gasteiger partial charge in [0.1, 0.15) is 12.0 Å².